The van der Waals surface area contributed by atoms with E-state index >= 15 is 0 Å². The Morgan fingerprint density at radius 2 is 1.84 bits per heavy atom. The number of aromatic nitrogens is 1. The van der Waals surface area contributed by atoms with Gasteiger partial charge in [0, 0.05) is 38.3 Å². The Morgan fingerprint density at radius 1 is 1.26 bits per heavy atom. The predicted molar refractivity (Wildman–Crippen MR) is 68.5 cm³/mol. The Hall–Kier alpha value is -1.67. The molecule has 0 fully saturated rings. The van der Waals surface area contributed by atoms with E-state index in [9.17, 15) is 8.42 Å². The van der Waals surface area contributed by atoms with E-state index in [1.165, 1.54) is 12.3 Å². The zero-order chi connectivity index (χ0) is 14.3. The highest BCUT2D eigenvalue weighted by Gasteiger charge is 2.26. The normalized spacial score (nSPS) is 10.9. The summed E-state index contributed by atoms with van der Waals surface area (Å²) in [5.74, 6) is 0. The van der Waals surface area contributed by atoms with Crippen LogP contribution >= 0.6 is 11.6 Å². The highest BCUT2D eigenvalue weighted by molar-refractivity contribution is 7.89. The molecule has 0 aliphatic carbocycles. The molecule has 0 amide bonds. The maximum Gasteiger partial charge on any atom is 0.246 e. The second kappa shape index (κ2) is 7.05. The summed E-state index contributed by atoms with van der Waals surface area (Å²) in [5.41, 5.74) is 0. The van der Waals surface area contributed by atoms with Crippen molar-refractivity contribution in [1.29, 1.82) is 10.5 Å². The van der Waals surface area contributed by atoms with Gasteiger partial charge in [0.2, 0.25) is 10.0 Å². The summed E-state index contributed by atoms with van der Waals surface area (Å²) in [7, 11) is -3.84. The van der Waals surface area contributed by atoms with Gasteiger partial charge in [-0.3, -0.25) is 4.98 Å². The molecule has 0 atom stereocenters. The molecule has 6 nitrogen and oxygen atoms in total. The van der Waals surface area contributed by atoms with Gasteiger partial charge in [0.1, 0.15) is 4.90 Å². The van der Waals surface area contributed by atoms with Crippen LogP contribution in [0.1, 0.15) is 12.8 Å². The van der Waals surface area contributed by atoms with Gasteiger partial charge in [-0.05, 0) is 6.07 Å². The number of halogens is 1. The molecule has 1 rings (SSSR count). The minimum absolute atomic E-state index is 0.0196. The second-order valence-electron chi connectivity index (χ2n) is 3.53. The monoisotopic (exact) mass is 298 g/mol. The van der Waals surface area contributed by atoms with Crippen molar-refractivity contribution in [2.24, 2.45) is 0 Å². The topological polar surface area (TPSA) is 97.9 Å². The first-order valence-corrected chi connectivity index (χ1v) is 7.19. The summed E-state index contributed by atoms with van der Waals surface area (Å²) in [6, 6.07) is 5.13. The van der Waals surface area contributed by atoms with E-state index < -0.39 is 10.0 Å². The van der Waals surface area contributed by atoms with Gasteiger partial charge in [-0.2, -0.15) is 14.8 Å². The van der Waals surface area contributed by atoms with Crippen LogP contribution in [0.4, 0.5) is 0 Å². The van der Waals surface area contributed by atoms with Crippen molar-refractivity contribution in [2.45, 2.75) is 17.7 Å². The molecule has 0 aliphatic rings. The van der Waals surface area contributed by atoms with Gasteiger partial charge in [0.05, 0.1) is 17.2 Å². The van der Waals surface area contributed by atoms with E-state index in [1.807, 2.05) is 12.1 Å². The van der Waals surface area contributed by atoms with Crippen molar-refractivity contribution >= 4 is 21.6 Å². The standard InChI is InChI=1S/C11H11ClN4O2S/c12-10-3-6-15-9-11(10)19(17,18)16(7-1-4-13)8-2-5-14/h3,6,9H,1-2,7-8H2. The fourth-order valence-electron chi connectivity index (χ4n) is 1.39. The van der Waals surface area contributed by atoms with Crippen LogP contribution < -0.4 is 0 Å². The Balaban J connectivity index is 3.09. The average Bonchev–Trinajstić information content (AvgIpc) is 2.39. The van der Waals surface area contributed by atoms with Crippen LogP contribution in [0.15, 0.2) is 23.4 Å². The van der Waals surface area contributed by atoms with Crippen LogP contribution in [0.3, 0.4) is 0 Å². The third-order valence-electron chi connectivity index (χ3n) is 2.30. The smallest absolute Gasteiger partial charge is 0.246 e. The summed E-state index contributed by atoms with van der Waals surface area (Å²) in [6.07, 6.45) is 2.63. The summed E-state index contributed by atoms with van der Waals surface area (Å²) in [6.45, 7) is 0.0392. The fourth-order valence-corrected chi connectivity index (χ4v) is 3.24. The highest BCUT2D eigenvalue weighted by Crippen LogP contribution is 2.23. The lowest BCUT2D eigenvalue weighted by Gasteiger charge is -2.20. The Labute approximate surface area is 116 Å². The zero-order valence-electron chi connectivity index (χ0n) is 9.95. The van der Waals surface area contributed by atoms with Crippen molar-refractivity contribution in [3.8, 4) is 12.1 Å². The third kappa shape index (κ3) is 3.90. The number of nitriles is 2. The first-order chi connectivity index (χ1) is 9.04. The molecule has 0 spiro atoms. The molecule has 0 aliphatic heterocycles. The highest BCUT2D eigenvalue weighted by atomic mass is 35.5. The van der Waals surface area contributed by atoms with E-state index in [4.69, 9.17) is 22.1 Å². The SMILES string of the molecule is N#CCCN(CCC#N)S(=O)(=O)c1cnccc1Cl. The number of pyridine rings is 1. The molecule has 1 heterocycles. The van der Waals surface area contributed by atoms with Crippen molar-refractivity contribution in [1.82, 2.24) is 9.29 Å². The molecular weight excluding hydrogens is 288 g/mol. The van der Waals surface area contributed by atoms with E-state index in [0.29, 0.717) is 0 Å². The van der Waals surface area contributed by atoms with E-state index in [0.717, 1.165) is 10.5 Å². The molecule has 0 bridgehead atoms. The lowest BCUT2D eigenvalue weighted by molar-refractivity contribution is 0.424. The summed E-state index contributed by atoms with van der Waals surface area (Å²) >= 11 is 5.85. The summed E-state index contributed by atoms with van der Waals surface area (Å²) in [5, 5.41) is 17.2. The molecule has 0 N–H and O–H groups in total. The first kappa shape index (κ1) is 15.4. The van der Waals surface area contributed by atoms with Crippen molar-refractivity contribution in [3.63, 3.8) is 0 Å². The largest absolute Gasteiger partial charge is 0.263 e. The van der Waals surface area contributed by atoms with Gasteiger partial charge in [-0.25, -0.2) is 8.42 Å². The summed E-state index contributed by atoms with van der Waals surface area (Å²) in [4.78, 5) is 3.62. The molecule has 19 heavy (non-hydrogen) atoms. The second-order valence-corrected chi connectivity index (χ2v) is 5.84. The van der Waals surface area contributed by atoms with Gasteiger partial charge >= 0.3 is 0 Å². The van der Waals surface area contributed by atoms with Crippen LogP contribution in [0.2, 0.25) is 5.02 Å². The molecule has 0 saturated heterocycles. The van der Waals surface area contributed by atoms with Crippen LogP contribution in [0.5, 0.6) is 0 Å². The average molecular weight is 299 g/mol. The quantitative estimate of drug-likeness (QED) is 0.793. The number of hydrogen-bond donors (Lipinski definition) is 0. The number of hydrogen-bond acceptors (Lipinski definition) is 5. The molecule has 0 radical (unpaired) electrons. The minimum atomic E-state index is -3.84. The van der Waals surface area contributed by atoms with Crippen LogP contribution in [-0.2, 0) is 10.0 Å². The predicted octanol–water partition coefficient (Wildman–Crippen LogP) is 1.55. The maximum absolute atomic E-state index is 12.3. The fraction of sp³-hybridized carbons (Fsp3) is 0.364. The van der Waals surface area contributed by atoms with Gasteiger partial charge in [-0.15, -0.1) is 0 Å². The molecular formula is C11H11ClN4O2S. The molecule has 0 saturated carbocycles. The van der Waals surface area contributed by atoms with E-state index in [-0.39, 0.29) is 35.8 Å². The van der Waals surface area contributed by atoms with Crippen molar-refractivity contribution in [2.75, 3.05) is 13.1 Å². The maximum atomic E-state index is 12.3. The molecule has 1 aromatic heterocycles. The Bertz CT molecular complexity index is 600. The molecule has 0 aromatic carbocycles. The molecule has 1 aromatic rings. The lowest BCUT2D eigenvalue weighted by Crippen LogP contribution is -2.33. The molecule has 100 valence electrons. The van der Waals surface area contributed by atoms with Crippen molar-refractivity contribution < 1.29 is 8.42 Å². The number of nitrogens with zero attached hydrogens (tertiary/aromatic N) is 4. The molecule has 0 unspecified atom stereocenters. The van der Waals surface area contributed by atoms with Gasteiger partial charge < -0.3 is 0 Å². The number of rotatable bonds is 6. The van der Waals surface area contributed by atoms with Gasteiger partial charge in [-0.1, -0.05) is 11.6 Å². The van der Waals surface area contributed by atoms with Crippen LogP contribution in [0, 0.1) is 22.7 Å². The third-order valence-corrected chi connectivity index (χ3v) is 4.67. The summed E-state index contributed by atoms with van der Waals surface area (Å²) < 4.78 is 25.8. The number of sulfonamides is 1. The Kier molecular flexibility index (Phi) is 5.71. The van der Waals surface area contributed by atoms with Gasteiger partial charge in [0.25, 0.3) is 0 Å². The van der Waals surface area contributed by atoms with Crippen LogP contribution in [-0.4, -0.2) is 30.8 Å². The van der Waals surface area contributed by atoms with Crippen LogP contribution in [0.25, 0.3) is 0 Å². The van der Waals surface area contributed by atoms with E-state index in [1.54, 1.807) is 0 Å². The first-order valence-electron chi connectivity index (χ1n) is 5.37. The minimum Gasteiger partial charge on any atom is -0.263 e. The van der Waals surface area contributed by atoms with Gasteiger partial charge in [0.15, 0.2) is 0 Å². The van der Waals surface area contributed by atoms with E-state index in [2.05, 4.69) is 4.98 Å². The lowest BCUT2D eigenvalue weighted by atomic mass is 10.4. The Morgan fingerprint density at radius 3 is 2.32 bits per heavy atom. The molecule has 8 heteroatoms. The van der Waals surface area contributed by atoms with Crippen molar-refractivity contribution in [3.05, 3.63) is 23.5 Å². The zero-order valence-corrected chi connectivity index (χ0v) is 11.5.